The molecule has 0 saturated heterocycles. The van der Waals surface area contributed by atoms with Crippen molar-refractivity contribution in [2.45, 2.75) is 53.0 Å². The zero-order valence-corrected chi connectivity index (χ0v) is 20.1. The number of aliphatic imine (C=N–C) groups is 1. The molecule has 0 aliphatic carbocycles. The highest BCUT2D eigenvalue weighted by atomic mass is 16.5. The summed E-state index contributed by atoms with van der Waals surface area (Å²) in [7, 11) is 4.05. The van der Waals surface area contributed by atoms with Crippen LogP contribution in [0.3, 0.4) is 0 Å². The van der Waals surface area contributed by atoms with E-state index < -0.39 is 0 Å². The van der Waals surface area contributed by atoms with Gasteiger partial charge < -0.3 is 14.7 Å². The summed E-state index contributed by atoms with van der Waals surface area (Å²) in [6.07, 6.45) is 3.72. The highest BCUT2D eigenvalue weighted by molar-refractivity contribution is 5.79. The van der Waals surface area contributed by atoms with Crippen LogP contribution in [-0.4, -0.2) is 50.9 Å². The maximum Gasteiger partial charge on any atom is 0.257 e. The molecular formula is C24H35N7O. The van der Waals surface area contributed by atoms with Gasteiger partial charge in [-0.25, -0.2) is 0 Å². The summed E-state index contributed by atoms with van der Waals surface area (Å²) in [5.41, 5.74) is 4.54. The van der Waals surface area contributed by atoms with Crippen LogP contribution in [-0.2, 0) is 26.4 Å². The number of hydrogen-bond acceptors (Lipinski definition) is 5. The van der Waals surface area contributed by atoms with E-state index in [0.29, 0.717) is 18.4 Å². The molecule has 1 N–H and O–H groups in total. The summed E-state index contributed by atoms with van der Waals surface area (Å²) in [6, 6.07) is 8.25. The molecule has 0 radical (unpaired) electrons. The van der Waals surface area contributed by atoms with E-state index in [0.717, 1.165) is 49.0 Å². The van der Waals surface area contributed by atoms with E-state index in [-0.39, 0.29) is 0 Å². The number of benzene rings is 1. The minimum Gasteiger partial charge on any atom is -0.357 e. The second-order valence-corrected chi connectivity index (χ2v) is 8.28. The van der Waals surface area contributed by atoms with Crippen molar-refractivity contribution in [1.82, 2.24) is 30.1 Å². The lowest BCUT2D eigenvalue weighted by Gasteiger charge is -2.22. The number of aromatic nitrogens is 4. The van der Waals surface area contributed by atoms with Crippen LogP contribution in [0, 0.1) is 0 Å². The van der Waals surface area contributed by atoms with Gasteiger partial charge in [-0.15, -0.1) is 0 Å². The fourth-order valence-corrected chi connectivity index (χ4v) is 3.58. The van der Waals surface area contributed by atoms with Gasteiger partial charge in [0.15, 0.2) is 11.8 Å². The van der Waals surface area contributed by atoms with Crippen molar-refractivity contribution in [1.29, 1.82) is 0 Å². The zero-order chi connectivity index (χ0) is 23.1. The van der Waals surface area contributed by atoms with E-state index in [4.69, 9.17) is 9.52 Å². The van der Waals surface area contributed by atoms with Crippen LogP contribution in [0.25, 0.3) is 11.5 Å². The summed E-state index contributed by atoms with van der Waals surface area (Å²) in [4.78, 5) is 11.4. The first-order valence-corrected chi connectivity index (χ1v) is 11.3. The lowest BCUT2D eigenvalue weighted by Crippen LogP contribution is -2.38. The van der Waals surface area contributed by atoms with Gasteiger partial charge in [-0.3, -0.25) is 9.67 Å². The number of guanidine groups is 1. The van der Waals surface area contributed by atoms with Crippen molar-refractivity contribution >= 4 is 5.96 Å². The van der Waals surface area contributed by atoms with Crippen molar-refractivity contribution in [2.24, 2.45) is 12.0 Å². The molecule has 2 aromatic heterocycles. The third-order valence-corrected chi connectivity index (χ3v) is 5.24. The van der Waals surface area contributed by atoms with E-state index in [1.54, 1.807) is 0 Å². The SMILES string of the molecule is CCNC(=NCCc1ccc(-c2nc(CC)no2)cc1)N(C)Cc1cn(C)nc1C(C)C. The fourth-order valence-electron chi connectivity index (χ4n) is 3.58. The molecule has 0 aliphatic heterocycles. The summed E-state index contributed by atoms with van der Waals surface area (Å²) < 4.78 is 7.21. The predicted molar refractivity (Wildman–Crippen MR) is 128 cm³/mol. The Hall–Kier alpha value is -3.16. The molecule has 0 aliphatic rings. The van der Waals surface area contributed by atoms with Gasteiger partial charge in [0, 0.05) is 57.5 Å². The average Bonchev–Trinajstić information content (AvgIpc) is 3.40. The quantitative estimate of drug-likeness (QED) is 0.405. The minimum atomic E-state index is 0.391. The third-order valence-electron chi connectivity index (χ3n) is 5.24. The second kappa shape index (κ2) is 10.9. The van der Waals surface area contributed by atoms with Gasteiger partial charge >= 0.3 is 0 Å². The van der Waals surface area contributed by atoms with Crippen LogP contribution in [0.4, 0.5) is 0 Å². The minimum absolute atomic E-state index is 0.391. The number of aryl methyl sites for hydroxylation is 2. The normalized spacial score (nSPS) is 11.9. The van der Waals surface area contributed by atoms with Crippen molar-refractivity contribution < 1.29 is 4.52 Å². The van der Waals surface area contributed by atoms with Crippen LogP contribution in [0.5, 0.6) is 0 Å². The van der Waals surface area contributed by atoms with E-state index in [2.05, 4.69) is 71.6 Å². The Labute approximate surface area is 190 Å². The first kappa shape index (κ1) is 23.5. The first-order chi connectivity index (χ1) is 15.4. The Kier molecular flexibility index (Phi) is 8.03. The number of hydrogen-bond donors (Lipinski definition) is 1. The molecule has 0 spiro atoms. The van der Waals surface area contributed by atoms with Crippen LogP contribution < -0.4 is 5.32 Å². The number of nitrogens with zero attached hydrogens (tertiary/aromatic N) is 6. The van der Waals surface area contributed by atoms with Crippen molar-refractivity contribution in [2.75, 3.05) is 20.1 Å². The summed E-state index contributed by atoms with van der Waals surface area (Å²) in [5, 5.41) is 12.0. The molecule has 32 heavy (non-hydrogen) atoms. The van der Waals surface area contributed by atoms with Crippen LogP contribution in [0.15, 0.2) is 40.0 Å². The predicted octanol–water partition coefficient (Wildman–Crippen LogP) is 3.80. The Balaban J connectivity index is 1.62. The molecule has 0 atom stereocenters. The molecule has 0 fully saturated rings. The van der Waals surface area contributed by atoms with Gasteiger partial charge in [-0.1, -0.05) is 38.1 Å². The molecule has 0 amide bonds. The Morgan fingerprint density at radius 3 is 2.59 bits per heavy atom. The maximum absolute atomic E-state index is 5.32. The van der Waals surface area contributed by atoms with Gasteiger partial charge in [0.2, 0.25) is 0 Å². The highest BCUT2D eigenvalue weighted by Crippen LogP contribution is 2.19. The lowest BCUT2D eigenvalue weighted by atomic mass is 10.1. The molecule has 3 rings (SSSR count). The van der Waals surface area contributed by atoms with Crippen molar-refractivity contribution in [3.8, 4) is 11.5 Å². The highest BCUT2D eigenvalue weighted by Gasteiger charge is 2.15. The molecule has 1 aromatic carbocycles. The fraction of sp³-hybridized carbons (Fsp3) is 0.500. The van der Waals surface area contributed by atoms with Gasteiger partial charge in [-0.2, -0.15) is 10.1 Å². The van der Waals surface area contributed by atoms with Crippen molar-refractivity contribution in [3.63, 3.8) is 0 Å². The van der Waals surface area contributed by atoms with Gasteiger partial charge in [0.25, 0.3) is 5.89 Å². The largest absolute Gasteiger partial charge is 0.357 e. The molecule has 8 heteroatoms. The topological polar surface area (TPSA) is 84.4 Å². The van der Waals surface area contributed by atoms with E-state index in [9.17, 15) is 0 Å². The van der Waals surface area contributed by atoms with E-state index >= 15 is 0 Å². The number of nitrogens with one attached hydrogen (secondary N) is 1. The zero-order valence-electron chi connectivity index (χ0n) is 20.1. The Bertz CT molecular complexity index is 1020. The van der Waals surface area contributed by atoms with Crippen LogP contribution in [0.1, 0.15) is 56.3 Å². The standard InChI is InChI=1S/C24H35N7O/c1-7-21-27-23(32-29-21)19-11-9-18(10-12-19)13-14-26-24(25-8-2)30(5)15-20-16-31(6)28-22(20)17(3)4/h9-12,16-17H,7-8,13-15H2,1-6H3,(H,25,26). The average molecular weight is 438 g/mol. The molecule has 0 bridgehead atoms. The Morgan fingerprint density at radius 2 is 1.97 bits per heavy atom. The van der Waals surface area contributed by atoms with Crippen LogP contribution >= 0.6 is 0 Å². The third kappa shape index (κ3) is 5.96. The maximum atomic E-state index is 5.32. The first-order valence-electron chi connectivity index (χ1n) is 11.3. The summed E-state index contributed by atoms with van der Waals surface area (Å²) in [6.45, 7) is 10.8. The van der Waals surface area contributed by atoms with Crippen molar-refractivity contribution in [3.05, 3.63) is 53.1 Å². The van der Waals surface area contributed by atoms with Crippen LogP contribution in [0.2, 0.25) is 0 Å². The van der Waals surface area contributed by atoms with Gasteiger partial charge in [0.1, 0.15) is 0 Å². The number of rotatable bonds is 9. The smallest absolute Gasteiger partial charge is 0.257 e. The van der Waals surface area contributed by atoms with E-state index in [1.165, 1.54) is 11.1 Å². The second-order valence-electron chi connectivity index (χ2n) is 8.28. The van der Waals surface area contributed by atoms with Gasteiger partial charge in [0.05, 0.1) is 5.69 Å². The molecule has 8 nitrogen and oxygen atoms in total. The molecule has 0 saturated carbocycles. The van der Waals surface area contributed by atoms with Gasteiger partial charge in [-0.05, 0) is 37.0 Å². The van der Waals surface area contributed by atoms with E-state index in [1.807, 2.05) is 30.8 Å². The lowest BCUT2D eigenvalue weighted by molar-refractivity contribution is 0.423. The molecule has 0 unspecified atom stereocenters. The Morgan fingerprint density at radius 1 is 1.22 bits per heavy atom. The monoisotopic (exact) mass is 437 g/mol. The molecular weight excluding hydrogens is 402 g/mol. The summed E-state index contributed by atoms with van der Waals surface area (Å²) >= 11 is 0. The molecule has 2 heterocycles. The summed E-state index contributed by atoms with van der Waals surface area (Å²) in [5.74, 6) is 2.59. The molecule has 172 valence electrons. The molecule has 3 aromatic rings.